The molecule has 1 nitrogen and oxygen atoms in total. The second kappa shape index (κ2) is 3.73. The average Bonchev–Trinajstić information content (AvgIpc) is 2.03. The van der Waals surface area contributed by atoms with Crippen LogP contribution in [0.25, 0.3) is 0 Å². The minimum atomic E-state index is -0.556. The highest BCUT2D eigenvalue weighted by Gasteiger charge is 2.33. The van der Waals surface area contributed by atoms with E-state index in [9.17, 15) is 4.39 Å². The van der Waals surface area contributed by atoms with Crippen LogP contribution in [0.15, 0.2) is 0 Å². The van der Waals surface area contributed by atoms with Gasteiger partial charge in [-0.3, -0.25) is 0 Å². The molecule has 1 aliphatic carbocycles. The first-order valence-electron chi connectivity index (χ1n) is 5.25. The van der Waals surface area contributed by atoms with Gasteiger partial charge in [-0.2, -0.15) is 0 Å². The number of rotatable bonds is 2. The van der Waals surface area contributed by atoms with Crippen LogP contribution in [0.5, 0.6) is 0 Å². The maximum atomic E-state index is 13.7. The summed E-state index contributed by atoms with van der Waals surface area (Å²) in [4.78, 5) is 0. The standard InChI is InChI=1S/C10H18FN/c11-10(9-6-7-12-9)8-4-2-1-3-5-8/h8-10,12H,1-7H2. The lowest BCUT2D eigenvalue weighted by Crippen LogP contribution is -2.51. The maximum Gasteiger partial charge on any atom is 0.118 e. The van der Waals surface area contributed by atoms with E-state index in [4.69, 9.17) is 0 Å². The van der Waals surface area contributed by atoms with Crippen molar-refractivity contribution in [1.29, 1.82) is 0 Å². The Kier molecular flexibility index (Phi) is 2.64. The van der Waals surface area contributed by atoms with Gasteiger partial charge in [-0.05, 0) is 31.7 Å². The van der Waals surface area contributed by atoms with Gasteiger partial charge in [0.25, 0.3) is 0 Å². The van der Waals surface area contributed by atoms with Crippen LogP contribution in [0.3, 0.4) is 0 Å². The van der Waals surface area contributed by atoms with Gasteiger partial charge in [0.05, 0.1) is 0 Å². The van der Waals surface area contributed by atoms with E-state index < -0.39 is 6.17 Å². The molecule has 1 saturated carbocycles. The third-order valence-corrected chi connectivity index (χ3v) is 3.35. The van der Waals surface area contributed by atoms with Gasteiger partial charge in [-0.15, -0.1) is 0 Å². The molecule has 12 heavy (non-hydrogen) atoms. The van der Waals surface area contributed by atoms with Gasteiger partial charge >= 0.3 is 0 Å². The van der Waals surface area contributed by atoms with Crippen molar-refractivity contribution < 1.29 is 4.39 Å². The van der Waals surface area contributed by atoms with Crippen LogP contribution in [0, 0.1) is 5.92 Å². The third kappa shape index (κ3) is 1.63. The van der Waals surface area contributed by atoms with E-state index in [1.807, 2.05) is 0 Å². The van der Waals surface area contributed by atoms with Crippen molar-refractivity contribution in [2.24, 2.45) is 5.92 Å². The molecule has 1 aliphatic heterocycles. The van der Waals surface area contributed by atoms with E-state index in [1.54, 1.807) is 0 Å². The predicted molar refractivity (Wildman–Crippen MR) is 47.9 cm³/mol. The van der Waals surface area contributed by atoms with Crippen LogP contribution < -0.4 is 5.32 Å². The van der Waals surface area contributed by atoms with Gasteiger partial charge in [0.2, 0.25) is 0 Å². The number of alkyl halides is 1. The monoisotopic (exact) mass is 171 g/mol. The minimum absolute atomic E-state index is 0.202. The van der Waals surface area contributed by atoms with Crippen molar-refractivity contribution in [3.05, 3.63) is 0 Å². The molecule has 2 unspecified atom stereocenters. The van der Waals surface area contributed by atoms with Crippen molar-refractivity contribution in [2.75, 3.05) is 6.54 Å². The smallest absolute Gasteiger partial charge is 0.118 e. The van der Waals surface area contributed by atoms with E-state index in [1.165, 1.54) is 19.3 Å². The van der Waals surface area contributed by atoms with Crippen molar-refractivity contribution in [2.45, 2.75) is 50.7 Å². The first kappa shape index (κ1) is 8.49. The van der Waals surface area contributed by atoms with E-state index in [-0.39, 0.29) is 6.04 Å². The number of nitrogens with one attached hydrogen (secondary N) is 1. The molecule has 0 radical (unpaired) electrons. The van der Waals surface area contributed by atoms with Crippen molar-refractivity contribution in [3.8, 4) is 0 Å². The Morgan fingerprint density at radius 2 is 1.75 bits per heavy atom. The van der Waals surface area contributed by atoms with Crippen LogP contribution in [-0.2, 0) is 0 Å². The topological polar surface area (TPSA) is 12.0 Å². The second-order valence-corrected chi connectivity index (χ2v) is 4.19. The van der Waals surface area contributed by atoms with Gasteiger partial charge in [0.1, 0.15) is 6.17 Å². The van der Waals surface area contributed by atoms with Crippen LogP contribution in [0.2, 0.25) is 0 Å². The van der Waals surface area contributed by atoms with E-state index in [0.717, 1.165) is 25.8 Å². The molecule has 1 N–H and O–H groups in total. The third-order valence-electron chi connectivity index (χ3n) is 3.35. The summed E-state index contributed by atoms with van der Waals surface area (Å²) in [6.07, 6.45) is 6.56. The lowest BCUT2D eigenvalue weighted by Gasteiger charge is -2.36. The maximum absolute atomic E-state index is 13.7. The summed E-state index contributed by atoms with van der Waals surface area (Å²) in [5.74, 6) is 0.372. The molecular weight excluding hydrogens is 153 g/mol. The molecule has 0 aromatic rings. The predicted octanol–water partition coefficient (Wildman–Crippen LogP) is 2.27. The molecule has 1 saturated heterocycles. The van der Waals surface area contributed by atoms with Crippen molar-refractivity contribution in [3.63, 3.8) is 0 Å². The zero-order valence-corrected chi connectivity index (χ0v) is 7.56. The molecule has 1 heterocycles. The summed E-state index contributed by atoms with van der Waals surface area (Å²) in [7, 11) is 0. The lowest BCUT2D eigenvalue weighted by atomic mass is 9.81. The summed E-state index contributed by atoms with van der Waals surface area (Å²) >= 11 is 0. The molecule has 2 atom stereocenters. The molecule has 0 aromatic heterocycles. The van der Waals surface area contributed by atoms with E-state index in [0.29, 0.717) is 5.92 Å². The van der Waals surface area contributed by atoms with Gasteiger partial charge in [-0.1, -0.05) is 19.3 Å². The largest absolute Gasteiger partial charge is 0.311 e. The van der Waals surface area contributed by atoms with E-state index in [2.05, 4.69) is 5.32 Å². The first-order valence-corrected chi connectivity index (χ1v) is 5.25. The zero-order chi connectivity index (χ0) is 8.39. The zero-order valence-electron chi connectivity index (χ0n) is 7.56. The Hall–Kier alpha value is -0.110. The quantitative estimate of drug-likeness (QED) is 0.672. The minimum Gasteiger partial charge on any atom is -0.311 e. The van der Waals surface area contributed by atoms with Crippen LogP contribution >= 0.6 is 0 Å². The summed E-state index contributed by atoms with van der Waals surface area (Å²) in [5, 5.41) is 3.17. The summed E-state index contributed by atoms with van der Waals surface area (Å²) in [6, 6.07) is 0.202. The van der Waals surface area contributed by atoms with Crippen LogP contribution in [-0.4, -0.2) is 18.8 Å². The molecule has 2 fully saturated rings. The summed E-state index contributed by atoms with van der Waals surface area (Å²) in [5.41, 5.74) is 0. The fourth-order valence-corrected chi connectivity index (χ4v) is 2.36. The molecule has 70 valence electrons. The molecule has 2 rings (SSSR count). The number of hydrogen-bond acceptors (Lipinski definition) is 1. The molecule has 0 aromatic carbocycles. The average molecular weight is 171 g/mol. The lowest BCUT2D eigenvalue weighted by molar-refractivity contribution is 0.105. The van der Waals surface area contributed by atoms with Gasteiger partial charge < -0.3 is 5.32 Å². The number of hydrogen-bond donors (Lipinski definition) is 1. The highest BCUT2D eigenvalue weighted by Crippen LogP contribution is 2.31. The highest BCUT2D eigenvalue weighted by atomic mass is 19.1. The summed E-state index contributed by atoms with van der Waals surface area (Å²) < 4.78 is 13.7. The van der Waals surface area contributed by atoms with Crippen LogP contribution in [0.1, 0.15) is 38.5 Å². The van der Waals surface area contributed by atoms with Gasteiger partial charge in [0.15, 0.2) is 0 Å². The normalized spacial score (nSPS) is 34.2. The van der Waals surface area contributed by atoms with Crippen molar-refractivity contribution in [1.82, 2.24) is 5.32 Å². The number of halogens is 1. The van der Waals surface area contributed by atoms with Gasteiger partial charge in [-0.25, -0.2) is 4.39 Å². The van der Waals surface area contributed by atoms with Crippen LogP contribution in [0.4, 0.5) is 4.39 Å². The van der Waals surface area contributed by atoms with Crippen molar-refractivity contribution >= 4 is 0 Å². The first-order chi connectivity index (χ1) is 5.88. The Morgan fingerprint density at radius 3 is 2.25 bits per heavy atom. The Labute approximate surface area is 73.7 Å². The van der Waals surface area contributed by atoms with Gasteiger partial charge in [0, 0.05) is 6.04 Å². The molecule has 0 bridgehead atoms. The molecule has 2 aliphatic rings. The van der Waals surface area contributed by atoms with E-state index >= 15 is 0 Å². The molecule has 0 amide bonds. The molecule has 2 heteroatoms. The fourth-order valence-electron chi connectivity index (χ4n) is 2.36. The SMILES string of the molecule is FC(C1CCCCC1)C1CCN1. The molecular formula is C10H18FN. The molecule has 0 spiro atoms. The Morgan fingerprint density at radius 1 is 1.08 bits per heavy atom. The second-order valence-electron chi connectivity index (χ2n) is 4.19. The summed E-state index contributed by atoms with van der Waals surface area (Å²) in [6.45, 7) is 1.03. The Balaban J connectivity index is 1.80. The highest BCUT2D eigenvalue weighted by molar-refractivity contribution is 4.89. The fraction of sp³-hybridized carbons (Fsp3) is 1.00. The Bertz CT molecular complexity index is 139.